The summed E-state index contributed by atoms with van der Waals surface area (Å²) in [6, 6.07) is 8.05. The Labute approximate surface area is 163 Å². The SMILES string of the molecule is CC(C)NC(=O)NCc1ccc(C(=O)NCCC[NH+]2CCCC[C@H]2C)cc1. The maximum atomic E-state index is 12.3. The number of likely N-dealkylation sites (tertiary alicyclic amines) is 1. The summed E-state index contributed by atoms with van der Waals surface area (Å²) < 4.78 is 0. The lowest BCUT2D eigenvalue weighted by molar-refractivity contribution is -0.928. The van der Waals surface area contributed by atoms with Gasteiger partial charge < -0.3 is 20.9 Å². The molecular formula is C21H35N4O2+. The summed E-state index contributed by atoms with van der Waals surface area (Å²) >= 11 is 0. The van der Waals surface area contributed by atoms with E-state index in [0.717, 1.165) is 24.6 Å². The first-order valence-electron chi connectivity index (χ1n) is 10.2. The van der Waals surface area contributed by atoms with E-state index in [1.54, 1.807) is 4.90 Å². The van der Waals surface area contributed by atoms with E-state index in [2.05, 4.69) is 22.9 Å². The van der Waals surface area contributed by atoms with Crippen molar-refractivity contribution in [3.63, 3.8) is 0 Å². The third-order valence-corrected chi connectivity index (χ3v) is 5.13. The molecule has 0 aromatic heterocycles. The van der Waals surface area contributed by atoms with Crippen molar-refractivity contribution >= 4 is 11.9 Å². The van der Waals surface area contributed by atoms with Crippen molar-refractivity contribution in [1.29, 1.82) is 0 Å². The van der Waals surface area contributed by atoms with E-state index in [4.69, 9.17) is 0 Å². The second-order valence-electron chi connectivity index (χ2n) is 7.84. The predicted molar refractivity (Wildman–Crippen MR) is 108 cm³/mol. The fourth-order valence-electron chi connectivity index (χ4n) is 3.51. The van der Waals surface area contributed by atoms with Crippen molar-refractivity contribution in [3.8, 4) is 0 Å². The molecule has 0 aliphatic carbocycles. The van der Waals surface area contributed by atoms with Gasteiger partial charge in [0.15, 0.2) is 0 Å². The predicted octanol–water partition coefficient (Wildman–Crippen LogP) is 1.47. The molecule has 6 nitrogen and oxygen atoms in total. The van der Waals surface area contributed by atoms with Gasteiger partial charge in [0.1, 0.15) is 0 Å². The number of nitrogens with one attached hydrogen (secondary N) is 4. The van der Waals surface area contributed by atoms with Crippen molar-refractivity contribution in [2.45, 2.75) is 65.1 Å². The van der Waals surface area contributed by atoms with E-state index in [1.807, 2.05) is 38.1 Å². The van der Waals surface area contributed by atoms with Crippen LogP contribution in [-0.4, -0.2) is 43.7 Å². The molecule has 0 saturated carbocycles. The van der Waals surface area contributed by atoms with Crippen molar-refractivity contribution in [3.05, 3.63) is 35.4 Å². The zero-order valence-electron chi connectivity index (χ0n) is 16.9. The van der Waals surface area contributed by atoms with E-state index in [0.29, 0.717) is 18.7 Å². The highest BCUT2D eigenvalue weighted by atomic mass is 16.2. The Morgan fingerprint density at radius 3 is 2.56 bits per heavy atom. The third kappa shape index (κ3) is 7.59. The van der Waals surface area contributed by atoms with Gasteiger partial charge in [-0.2, -0.15) is 0 Å². The molecule has 150 valence electrons. The molecular weight excluding hydrogens is 340 g/mol. The van der Waals surface area contributed by atoms with Crippen LogP contribution in [0.1, 0.15) is 62.4 Å². The summed E-state index contributed by atoms with van der Waals surface area (Å²) in [4.78, 5) is 25.5. The fourth-order valence-corrected chi connectivity index (χ4v) is 3.51. The summed E-state index contributed by atoms with van der Waals surface area (Å²) in [5, 5.41) is 8.60. The molecule has 0 bridgehead atoms. The highest BCUT2D eigenvalue weighted by Crippen LogP contribution is 2.05. The number of benzene rings is 1. The van der Waals surface area contributed by atoms with Gasteiger partial charge in [0.05, 0.1) is 19.1 Å². The molecule has 6 heteroatoms. The number of carbonyl (C=O) groups excluding carboxylic acids is 2. The normalized spacial score (nSPS) is 19.6. The average molecular weight is 376 g/mol. The quantitative estimate of drug-likeness (QED) is 0.520. The molecule has 1 aliphatic rings. The van der Waals surface area contributed by atoms with Crippen LogP contribution in [0.5, 0.6) is 0 Å². The molecule has 1 fully saturated rings. The number of urea groups is 1. The summed E-state index contributed by atoms with van der Waals surface area (Å²) in [5.41, 5.74) is 1.62. The standard InChI is InChI=1S/C21H34N4O2/c1-16(2)24-21(27)23-15-18-8-10-19(11-9-18)20(26)22-12-6-14-25-13-5-4-7-17(25)3/h8-11,16-17H,4-7,12-15H2,1-3H3,(H,22,26)(H2,23,24,27)/p+1/t17-/m1/s1. The van der Waals surface area contributed by atoms with E-state index in [9.17, 15) is 9.59 Å². The third-order valence-electron chi connectivity index (χ3n) is 5.13. The van der Waals surface area contributed by atoms with Gasteiger partial charge in [-0.15, -0.1) is 0 Å². The number of quaternary nitrogens is 1. The topological polar surface area (TPSA) is 74.7 Å². The van der Waals surface area contributed by atoms with Gasteiger partial charge in [0.2, 0.25) is 0 Å². The van der Waals surface area contributed by atoms with Crippen LogP contribution in [0.15, 0.2) is 24.3 Å². The van der Waals surface area contributed by atoms with Gasteiger partial charge in [0, 0.05) is 31.1 Å². The van der Waals surface area contributed by atoms with E-state index < -0.39 is 0 Å². The minimum atomic E-state index is -0.183. The first kappa shape index (κ1) is 21.2. The molecule has 1 saturated heterocycles. The van der Waals surface area contributed by atoms with Crippen LogP contribution >= 0.6 is 0 Å². The number of piperidine rings is 1. The molecule has 1 aromatic rings. The van der Waals surface area contributed by atoms with Crippen molar-refractivity contribution in [2.75, 3.05) is 19.6 Å². The van der Waals surface area contributed by atoms with Gasteiger partial charge in [-0.05, 0) is 57.7 Å². The molecule has 2 rings (SSSR count). The Hall–Kier alpha value is -2.08. The van der Waals surface area contributed by atoms with E-state index >= 15 is 0 Å². The first-order valence-corrected chi connectivity index (χ1v) is 10.2. The molecule has 1 unspecified atom stereocenters. The highest BCUT2D eigenvalue weighted by molar-refractivity contribution is 5.94. The Kier molecular flexibility index (Phi) is 8.58. The Morgan fingerprint density at radius 1 is 1.15 bits per heavy atom. The number of amides is 3. The second-order valence-corrected chi connectivity index (χ2v) is 7.84. The van der Waals surface area contributed by atoms with Gasteiger partial charge in [-0.3, -0.25) is 4.79 Å². The van der Waals surface area contributed by atoms with Gasteiger partial charge in [-0.1, -0.05) is 12.1 Å². The van der Waals surface area contributed by atoms with Crippen LogP contribution in [0.4, 0.5) is 4.79 Å². The molecule has 0 spiro atoms. The smallest absolute Gasteiger partial charge is 0.315 e. The Balaban J connectivity index is 1.68. The number of hydrogen-bond acceptors (Lipinski definition) is 2. The lowest BCUT2D eigenvalue weighted by Crippen LogP contribution is -3.16. The molecule has 3 amide bonds. The minimum Gasteiger partial charge on any atom is -0.352 e. The zero-order valence-corrected chi connectivity index (χ0v) is 16.9. The molecule has 27 heavy (non-hydrogen) atoms. The first-order chi connectivity index (χ1) is 13.0. The Morgan fingerprint density at radius 2 is 1.89 bits per heavy atom. The van der Waals surface area contributed by atoms with E-state index in [1.165, 1.54) is 25.8 Å². The van der Waals surface area contributed by atoms with Crippen LogP contribution in [0, 0.1) is 0 Å². The number of hydrogen-bond donors (Lipinski definition) is 4. The average Bonchev–Trinajstić information content (AvgIpc) is 2.64. The van der Waals surface area contributed by atoms with E-state index in [-0.39, 0.29) is 18.0 Å². The lowest BCUT2D eigenvalue weighted by Gasteiger charge is -2.30. The molecule has 2 atom stereocenters. The van der Waals surface area contributed by atoms with Crippen molar-refractivity contribution < 1.29 is 14.5 Å². The summed E-state index contributed by atoms with van der Waals surface area (Å²) in [5.74, 6) is -0.0336. The maximum absolute atomic E-state index is 12.3. The van der Waals surface area contributed by atoms with Crippen LogP contribution in [0.25, 0.3) is 0 Å². The van der Waals surface area contributed by atoms with Gasteiger partial charge in [-0.25, -0.2) is 4.79 Å². The largest absolute Gasteiger partial charge is 0.352 e. The van der Waals surface area contributed by atoms with Crippen LogP contribution in [0.3, 0.4) is 0 Å². The molecule has 4 N–H and O–H groups in total. The number of carbonyl (C=O) groups is 2. The van der Waals surface area contributed by atoms with Crippen LogP contribution in [-0.2, 0) is 6.54 Å². The summed E-state index contributed by atoms with van der Waals surface area (Å²) in [7, 11) is 0. The minimum absolute atomic E-state index is 0.0336. The zero-order chi connectivity index (χ0) is 19.6. The summed E-state index contributed by atoms with van der Waals surface area (Å²) in [6.07, 6.45) is 5.02. The Bertz CT molecular complexity index is 601. The second kappa shape index (κ2) is 10.9. The van der Waals surface area contributed by atoms with Crippen molar-refractivity contribution in [2.24, 2.45) is 0 Å². The van der Waals surface area contributed by atoms with Gasteiger partial charge >= 0.3 is 6.03 Å². The molecule has 0 radical (unpaired) electrons. The molecule has 1 aliphatic heterocycles. The monoisotopic (exact) mass is 375 g/mol. The van der Waals surface area contributed by atoms with Crippen LogP contribution < -0.4 is 20.9 Å². The maximum Gasteiger partial charge on any atom is 0.315 e. The van der Waals surface area contributed by atoms with Gasteiger partial charge in [0.25, 0.3) is 5.91 Å². The van der Waals surface area contributed by atoms with Crippen molar-refractivity contribution in [1.82, 2.24) is 16.0 Å². The molecule has 1 heterocycles. The summed E-state index contributed by atoms with van der Waals surface area (Å²) in [6.45, 7) is 9.72. The highest BCUT2D eigenvalue weighted by Gasteiger charge is 2.20. The lowest BCUT2D eigenvalue weighted by atomic mass is 10.0. The molecule has 1 aromatic carbocycles. The fraction of sp³-hybridized carbons (Fsp3) is 0.619. The number of rotatable bonds is 8. The van der Waals surface area contributed by atoms with Crippen LogP contribution in [0.2, 0.25) is 0 Å².